The van der Waals surface area contributed by atoms with Crippen molar-refractivity contribution in [2.75, 3.05) is 20.8 Å². The van der Waals surface area contributed by atoms with Crippen molar-refractivity contribution in [2.45, 2.75) is 19.3 Å². The molecule has 0 spiro atoms. The fraction of sp³-hybridized carbons (Fsp3) is 0.750. The minimum Gasteiger partial charge on any atom is -0.469 e. The van der Waals surface area contributed by atoms with E-state index < -0.39 is 0 Å². The van der Waals surface area contributed by atoms with Crippen molar-refractivity contribution in [3.63, 3.8) is 0 Å². The van der Waals surface area contributed by atoms with Crippen LogP contribution in [0.15, 0.2) is 0 Å². The molecular weight excluding hydrogens is 176 g/mol. The van der Waals surface area contributed by atoms with Crippen molar-refractivity contribution in [3.8, 4) is 0 Å². The monoisotopic (exact) mass is 190 g/mol. The quantitative estimate of drug-likeness (QED) is 0.332. The van der Waals surface area contributed by atoms with Crippen LogP contribution in [0.2, 0.25) is 0 Å². The van der Waals surface area contributed by atoms with Gasteiger partial charge >= 0.3 is 5.97 Å². The third-order valence-corrected chi connectivity index (χ3v) is 1.40. The van der Waals surface area contributed by atoms with Crippen molar-refractivity contribution < 1.29 is 24.1 Å². The van der Waals surface area contributed by atoms with E-state index in [0.717, 1.165) is 0 Å². The lowest BCUT2D eigenvalue weighted by Gasteiger charge is -1.99. The number of Topliss-reactive ketones (excluding diaryl/α,β-unsaturated/α-hetero) is 1. The summed E-state index contributed by atoms with van der Waals surface area (Å²) in [6, 6.07) is 0. The second kappa shape index (κ2) is 7.70. The lowest BCUT2D eigenvalue weighted by molar-refractivity contribution is -0.267. The van der Waals surface area contributed by atoms with Gasteiger partial charge in [0.05, 0.1) is 14.2 Å². The first-order chi connectivity index (χ1) is 6.20. The van der Waals surface area contributed by atoms with Crippen LogP contribution in [0.25, 0.3) is 0 Å². The lowest BCUT2D eigenvalue weighted by atomic mass is 10.2. The third-order valence-electron chi connectivity index (χ3n) is 1.40. The standard InChI is InChI=1S/C8H14O5/c1-11-8(10)5-3-4-7(9)6-13-12-2/h3-6H2,1-2H3. The zero-order valence-corrected chi connectivity index (χ0v) is 7.87. The maximum absolute atomic E-state index is 10.9. The molecule has 0 unspecified atom stereocenters. The van der Waals surface area contributed by atoms with Crippen LogP contribution in [-0.2, 0) is 24.1 Å². The number of ketones is 1. The molecule has 5 nitrogen and oxygen atoms in total. The Bertz CT molecular complexity index is 166. The molecule has 0 aromatic rings. The second-order valence-electron chi connectivity index (χ2n) is 2.40. The Labute approximate surface area is 76.9 Å². The van der Waals surface area contributed by atoms with Crippen LogP contribution in [0, 0.1) is 0 Å². The van der Waals surface area contributed by atoms with Crippen LogP contribution >= 0.6 is 0 Å². The van der Waals surface area contributed by atoms with E-state index in [4.69, 9.17) is 0 Å². The Morgan fingerprint density at radius 1 is 1.15 bits per heavy atom. The van der Waals surface area contributed by atoms with E-state index in [1.165, 1.54) is 14.2 Å². The van der Waals surface area contributed by atoms with Gasteiger partial charge in [-0.2, -0.15) is 0 Å². The van der Waals surface area contributed by atoms with Crippen LogP contribution in [0.4, 0.5) is 0 Å². The average Bonchev–Trinajstić information content (AvgIpc) is 2.14. The van der Waals surface area contributed by atoms with Gasteiger partial charge in [0.15, 0.2) is 5.78 Å². The highest BCUT2D eigenvalue weighted by atomic mass is 17.2. The smallest absolute Gasteiger partial charge is 0.305 e. The number of carbonyl (C=O) groups excluding carboxylic acids is 2. The molecule has 0 fully saturated rings. The summed E-state index contributed by atoms with van der Waals surface area (Å²) in [5.41, 5.74) is 0. The molecule has 5 heteroatoms. The van der Waals surface area contributed by atoms with Gasteiger partial charge in [-0.15, -0.1) is 0 Å². The van der Waals surface area contributed by atoms with Crippen LogP contribution in [0.1, 0.15) is 19.3 Å². The molecule has 0 bridgehead atoms. The van der Waals surface area contributed by atoms with Crippen molar-refractivity contribution in [3.05, 3.63) is 0 Å². The lowest BCUT2D eigenvalue weighted by Crippen LogP contribution is -2.09. The molecule has 0 aliphatic carbocycles. The molecule has 0 radical (unpaired) electrons. The van der Waals surface area contributed by atoms with Gasteiger partial charge < -0.3 is 4.74 Å². The van der Waals surface area contributed by atoms with E-state index in [0.29, 0.717) is 12.8 Å². The molecular formula is C8H14O5. The Kier molecular flexibility index (Phi) is 7.14. The van der Waals surface area contributed by atoms with E-state index in [9.17, 15) is 9.59 Å². The van der Waals surface area contributed by atoms with Crippen molar-refractivity contribution in [1.29, 1.82) is 0 Å². The van der Waals surface area contributed by atoms with Gasteiger partial charge in [-0.3, -0.25) is 9.59 Å². The summed E-state index contributed by atoms with van der Waals surface area (Å²) >= 11 is 0. The summed E-state index contributed by atoms with van der Waals surface area (Å²) in [4.78, 5) is 30.2. The van der Waals surface area contributed by atoms with Gasteiger partial charge in [-0.25, -0.2) is 9.78 Å². The number of ether oxygens (including phenoxy) is 1. The van der Waals surface area contributed by atoms with Gasteiger partial charge in [0.2, 0.25) is 0 Å². The molecule has 0 N–H and O–H groups in total. The predicted octanol–water partition coefficient (Wildman–Crippen LogP) is 0.477. The molecule has 0 aromatic heterocycles. The highest BCUT2D eigenvalue weighted by molar-refractivity contribution is 5.80. The van der Waals surface area contributed by atoms with Crippen LogP contribution in [0.5, 0.6) is 0 Å². The Balaban J connectivity index is 3.31. The number of hydrogen-bond acceptors (Lipinski definition) is 5. The molecule has 0 atom stereocenters. The number of esters is 1. The highest BCUT2D eigenvalue weighted by Crippen LogP contribution is 1.98. The molecule has 0 saturated heterocycles. The highest BCUT2D eigenvalue weighted by Gasteiger charge is 2.05. The Morgan fingerprint density at radius 2 is 1.85 bits per heavy atom. The van der Waals surface area contributed by atoms with E-state index in [-0.39, 0.29) is 24.8 Å². The first kappa shape index (κ1) is 12.1. The normalized spacial score (nSPS) is 9.69. The molecule has 0 amide bonds. The van der Waals surface area contributed by atoms with Gasteiger partial charge in [-0.1, -0.05) is 0 Å². The van der Waals surface area contributed by atoms with E-state index in [1.807, 2.05) is 0 Å². The minimum absolute atomic E-state index is 0.0718. The summed E-state index contributed by atoms with van der Waals surface area (Å²) in [5, 5.41) is 0. The summed E-state index contributed by atoms with van der Waals surface area (Å²) in [7, 11) is 2.65. The predicted molar refractivity (Wildman–Crippen MR) is 43.8 cm³/mol. The number of carbonyl (C=O) groups is 2. The summed E-state index contributed by atoms with van der Waals surface area (Å²) in [5.74, 6) is -0.397. The molecule has 0 heterocycles. The average molecular weight is 190 g/mol. The second-order valence-corrected chi connectivity index (χ2v) is 2.40. The molecule has 0 aliphatic heterocycles. The maximum Gasteiger partial charge on any atom is 0.305 e. The minimum atomic E-state index is -0.305. The fourth-order valence-corrected chi connectivity index (χ4v) is 0.729. The zero-order valence-electron chi connectivity index (χ0n) is 7.87. The van der Waals surface area contributed by atoms with Crippen molar-refractivity contribution in [2.24, 2.45) is 0 Å². The van der Waals surface area contributed by atoms with E-state index in [2.05, 4.69) is 14.5 Å². The van der Waals surface area contributed by atoms with Crippen LogP contribution in [-0.4, -0.2) is 32.6 Å². The number of methoxy groups -OCH3 is 1. The Hall–Kier alpha value is -0.940. The largest absolute Gasteiger partial charge is 0.469 e. The summed E-state index contributed by atoms with van der Waals surface area (Å²) < 4.78 is 4.41. The summed E-state index contributed by atoms with van der Waals surface area (Å²) in [6.45, 7) is -0.0718. The van der Waals surface area contributed by atoms with Crippen molar-refractivity contribution in [1.82, 2.24) is 0 Å². The third kappa shape index (κ3) is 7.42. The molecule has 0 rings (SSSR count). The van der Waals surface area contributed by atoms with E-state index >= 15 is 0 Å². The first-order valence-corrected chi connectivity index (χ1v) is 3.94. The first-order valence-electron chi connectivity index (χ1n) is 3.94. The Morgan fingerprint density at radius 3 is 2.38 bits per heavy atom. The molecule has 76 valence electrons. The molecule has 0 aromatic carbocycles. The van der Waals surface area contributed by atoms with Gasteiger partial charge in [-0.05, 0) is 6.42 Å². The van der Waals surface area contributed by atoms with Gasteiger partial charge in [0, 0.05) is 12.8 Å². The van der Waals surface area contributed by atoms with Crippen molar-refractivity contribution >= 4 is 11.8 Å². The van der Waals surface area contributed by atoms with Crippen LogP contribution < -0.4 is 0 Å². The molecule has 13 heavy (non-hydrogen) atoms. The van der Waals surface area contributed by atoms with Crippen LogP contribution in [0.3, 0.4) is 0 Å². The number of hydrogen-bond donors (Lipinski definition) is 0. The summed E-state index contributed by atoms with van der Waals surface area (Å²) in [6.07, 6.45) is 1.05. The maximum atomic E-state index is 10.9. The number of rotatable bonds is 7. The fourth-order valence-electron chi connectivity index (χ4n) is 0.729. The molecule has 0 saturated carbocycles. The van der Waals surface area contributed by atoms with Gasteiger partial charge in [0.1, 0.15) is 6.61 Å². The zero-order chi connectivity index (χ0) is 10.1. The molecule has 0 aliphatic rings. The topological polar surface area (TPSA) is 61.8 Å². The SMILES string of the molecule is COOCC(=O)CCCC(=O)OC. The van der Waals surface area contributed by atoms with Gasteiger partial charge in [0.25, 0.3) is 0 Å². The van der Waals surface area contributed by atoms with E-state index in [1.54, 1.807) is 0 Å².